The second-order valence-corrected chi connectivity index (χ2v) is 8.67. The maximum atomic E-state index is 12.6. The van der Waals surface area contributed by atoms with Crippen molar-refractivity contribution < 1.29 is 9.53 Å². The van der Waals surface area contributed by atoms with Gasteiger partial charge in [0.2, 0.25) is 0 Å². The number of carbonyl (C=O) groups excluding carboxylic acids is 1. The number of nitrogens with zero attached hydrogens (tertiary/aromatic N) is 2. The van der Waals surface area contributed by atoms with Crippen molar-refractivity contribution in [3.05, 3.63) is 110 Å². The quantitative estimate of drug-likeness (QED) is 0.296. The molecule has 0 unspecified atom stereocenters. The van der Waals surface area contributed by atoms with Crippen molar-refractivity contribution in [3.8, 4) is 5.75 Å². The normalized spacial score (nSPS) is 10.8. The Balaban J connectivity index is 1.34. The largest absolute Gasteiger partial charge is 0.489 e. The molecule has 0 aliphatic carbocycles. The lowest BCUT2D eigenvalue weighted by Crippen LogP contribution is -2.13. The fourth-order valence-corrected chi connectivity index (χ4v) is 3.81. The van der Waals surface area contributed by atoms with Crippen molar-refractivity contribution in [2.24, 2.45) is 0 Å². The first-order chi connectivity index (χ1) is 15.9. The number of rotatable bonds is 7. The molecule has 0 bridgehead atoms. The Morgan fingerprint density at radius 3 is 2.39 bits per heavy atom. The van der Waals surface area contributed by atoms with Crippen molar-refractivity contribution in [2.45, 2.75) is 20.1 Å². The molecule has 168 valence electrons. The highest BCUT2D eigenvalue weighted by molar-refractivity contribution is 6.36. The van der Waals surface area contributed by atoms with Crippen LogP contribution in [0.15, 0.2) is 72.9 Å². The molecule has 0 fully saturated rings. The molecule has 0 atom stereocenters. The van der Waals surface area contributed by atoms with Gasteiger partial charge < -0.3 is 10.1 Å². The van der Waals surface area contributed by atoms with Crippen LogP contribution in [0.3, 0.4) is 0 Å². The molecule has 0 aliphatic rings. The third-order valence-electron chi connectivity index (χ3n) is 5.02. The van der Waals surface area contributed by atoms with Crippen molar-refractivity contribution in [1.82, 2.24) is 9.78 Å². The number of ether oxygens (including phenoxy) is 1. The first-order valence-electron chi connectivity index (χ1n) is 10.1. The summed E-state index contributed by atoms with van der Waals surface area (Å²) in [7, 11) is 0. The summed E-state index contributed by atoms with van der Waals surface area (Å²) in [6, 6.07) is 19.8. The van der Waals surface area contributed by atoms with E-state index in [9.17, 15) is 4.79 Å². The molecule has 1 aromatic heterocycles. The van der Waals surface area contributed by atoms with Gasteiger partial charge in [-0.1, -0.05) is 53.0 Å². The van der Waals surface area contributed by atoms with E-state index in [4.69, 9.17) is 39.5 Å². The van der Waals surface area contributed by atoms with Gasteiger partial charge >= 0.3 is 0 Å². The van der Waals surface area contributed by atoms with Gasteiger partial charge in [-0.3, -0.25) is 9.48 Å². The monoisotopic (exact) mass is 499 g/mol. The second kappa shape index (κ2) is 10.3. The Morgan fingerprint density at radius 2 is 1.70 bits per heavy atom. The van der Waals surface area contributed by atoms with Crippen LogP contribution in [0.4, 0.5) is 5.82 Å². The van der Waals surface area contributed by atoms with Gasteiger partial charge in [0.25, 0.3) is 5.91 Å². The SMILES string of the molecule is Cc1cc(OCc2ccc(C(=O)Nc3ccn(Cc4c(Cl)cccc4Cl)n3)cc2)ccc1Cl. The Labute approximate surface area is 206 Å². The van der Waals surface area contributed by atoms with Gasteiger partial charge in [0.15, 0.2) is 5.82 Å². The van der Waals surface area contributed by atoms with Gasteiger partial charge in [0.05, 0.1) is 6.54 Å². The lowest BCUT2D eigenvalue weighted by atomic mass is 10.1. The Morgan fingerprint density at radius 1 is 0.970 bits per heavy atom. The molecule has 1 N–H and O–H groups in total. The standard InChI is InChI=1S/C25H20Cl3N3O2/c1-16-13-19(9-10-21(16)26)33-15-17-5-7-18(8-6-17)25(32)29-24-11-12-31(30-24)14-20-22(27)3-2-4-23(20)28/h2-13H,14-15H2,1H3,(H,29,30,32). The first kappa shape index (κ1) is 23.2. The molecule has 3 aromatic carbocycles. The van der Waals surface area contributed by atoms with Crippen LogP contribution in [0.25, 0.3) is 0 Å². The minimum Gasteiger partial charge on any atom is -0.489 e. The fraction of sp³-hybridized carbons (Fsp3) is 0.120. The van der Waals surface area contributed by atoms with E-state index in [-0.39, 0.29) is 5.91 Å². The zero-order valence-corrected chi connectivity index (χ0v) is 20.0. The van der Waals surface area contributed by atoms with Crippen LogP contribution >= 0.6 is 34.8 Å². The summed E-state index contributed by atoms with van der Waals surface area (Å²) in [4.78, 5) is 12.6. The molecule has 4 aromatic rings. The maximum Gasteiger partial charge on any atom is 0.256 e. The van der Waals surface area contributed by atoms with Gasteiger partial charge in [-0.2, -0.15) is 5.10 Å². The molecule has 1 amide bonds. The van der Waals surface area contributed by atoms with E-state index in [0.29, 0.717) is 39.6 Å². The average molecular weight is 501 g/mol. The zero-order chi connectivity index (χ0) is 23.4. The molecule has 0 saturated heterocycles. The summed E-state index contributed by atoms with van der Waals surface area (Å²) in [5.74, 6) is 0.929. The minimum atomic E-state index is -0.253. The van der Waals surface area contributed by atoms with Crippen molar-refractivity contribution in [3.63, 3.8) is 0 Å². The summed E-state index contributed by atoms with van der Waals surface area (Å²) in [6.07, 6.45) is 1.76. The molecule has 8 heteroatoms. The molecule has 4 rings (SSSR count). The smallest absolute Gasteiger partial charge is 0.256 e. The number of hydrogen-bond donors (Lipinski definition) is 1. The van der Waals surface area contributed by atoms with Crippen molar-refractivity contribution in [1.29, 1.82) is 0 Å². The predicted octanol–water partition coefficient (Wildman–Crippen LogP) is 7.03. The number of halogens is 3. The number of benzene rings is 3. The number of carbonyl (C=O) groups is 1. The third kappa shape index (κ3) is 5.88. The van der Waals surface area contributed by atoms with Gasteiger partial charge in [0.1, 0.15) is 12.4 Å². The maximum absolute atomic E-state index is 12.6. The molecular formula is C25H20Cl3N3O2. The topological polar surface area (TPSA) is 56.1 Å². The Bertz CT molecular complexity index is 1270. The van der Waals surface area contributed by atoms with E-state index in [1.807, 2.05) is 37.3 Å². The van der Waals surface area contributed by atoms with Crippen molar-refractivity contribution >= 4 is 46.5 Å². The lowest BCUT2D eigenvalue weighted by molar-refractivity contribution is 0.102. The molecule has 5 nitrogen and oxygen atoms in total. The lowest BCUT2D eigenvalue weighted by Gasteiger charge is -2.09. The van der Waals surface area contributed by atoms with Crippen LogP contribution in [0.2, 0.25) is 15.1 Å². The third-order valence-corrected chi connectivity index (χ3v) is 6.15. The van der Waals surface area contributed by atoms with E-state index in [2.05, 4.69) is 10.4 Å². The highest BCUT2D eigenvalue weighted by Crippen LogP contribution is 2.25. The summed E-state index contributed by atoms with van der Waals surface area (Å²) in [6.45, 7) is 2.71. The van der Waals surface area contributed by atoms with Gasteiger partial charge in [-0.05, 0) is 60.5 Å². The van der Waals surface area contributed by atoms with E-state index < -0.39 is 0 Å². The number of anilines is 1. The van der Waals surface area contributed by atoms with Crippen LogP contribution in [0.5, 0.6) is 5.75 Å². The first-order valence-corrected chi connectivity index (χ1v) is 11.3. The summed E-state index contributed by atoms with van der Waals surface area (Å²) < 4.78 is 7.47. The summed E-state index contributed by atoms with van der Waals surface area (Å²) in [5, 5.41) is 9.03. The number of aromatic nitrogens is 2. The number of nitrogens with one attached hydrogen (secondary N) is 1. The molecule has 0 spiro atoms. The van der Waals surface area contributed by atoms with Gasteiger partial charge in [-0.25, -0.2) is 0 Å². The van der Waals surface area contributed by atoms with E-state index in [1.165, 1.54) is 0 Å². The van der Waals surface area contributed by atoms with Gasteiger partial charge in [-0.15, -0.1) is 0 Å². The van der Waals surface area contributed by atoms with Crippen LogP contribution in [0.1, 0.15) is 27.0 Å². The molecule has 33 heavy (non-hydrogen) atoms. The zero-order valence-electron chi connectivity index (χ0n) is 17.7. The fourth-order valence-electron chi connectivity index (χ4n) is 3.18. The molecule has 0 aliphatic heterocycles. The summed E-state index contributed by atoms with van der Waals surface area (Å²) >= 11 is 18.5. The predicted molar refractivity (Wildman–Crippen MR) is 133 cm³/mol. The van der Waals surface area contributed by atoms with Crippen LogP contribution in [-0.4, -0.2) is 15.7 Å². The number of amides is 1. The highest BCUT2D eigenvalue weighted by Gasteiger charge is 2.11. The number of hydrogen-bond acceptors (Lipinski definition) is 3. The highest BCUT2D eigenvalue weighted by atomic mass is 35.5. The second-order valence-electron chi connectivity index (χ2n) is 7.45. The molecule has 1 heterocycles. The average Bonchev–Trinajstić information content (AvgIpc) is 3.24. The van der Waals surface area contributed by atoms with Crippen LogP contribution < -0.4 is 10.1 Å². The minimum absolute atomic E-state index is 0.253. The van der Waals surface area contributed by atoms with Crippen LogP contribution in [0, 0.1) is 6.92 Å². The van der Waals surface area contributed by atoms with Crippen molar-refractivity contribution in [2.75, 3.05) is 5.32 Å². The molecular weight excluding hydrogens is 481 g/mol. The summed E-state index contributed by atoms with van der Waals surface area (Å²) in [5.41, 5.74) is 3.19. The van der Waals surface area contributed by atoms with Gasteiger partial charge in [0, 0.05) is 38.5 Å². The van der Waals surface area contributed by atoms with E-state index in [1.54, 1.807) is 47.3 Å². The number of aryl methyl sites for hydroxylation is 1. The van der Waals surface area contributed by atoms with Crippen LogP contribution in [-0.2, 0) is 13.2 Å². The molecule has 0 radical (unpaired) electrons. The Hall–Kier alpha value is -2.99. The van der Waals surface area contributed by atoms with E-state index in [0.717, 1.165) is 22.4 Å². The molecule has 0 saturated carbocycles. The van der Waals surface area contributed by atoms with E-state index >= 15 is 0 Å². The Kier molecular flexibility index (Phi) is 7.23.